The normalized spacial score (nSPS) is 10.8. The fourth-order valence-electron chi connectivity index (χ4n) is 2.96. The number of hydrazine groups is 1. The number of para-hydroxylation sites is 1. The fourth-order valence-corrected chi connectivity index (χ4v) is 2.96. The molecule has 0 unspecified atom stereocenters. The zero-order chi connectivity index (χ0) is 20.2. The number of amides is 1. The minimum atomic E-state index is -0.259. The van der Waals surface area contributed by atoms with Gasteiger partial charge in [-0.1, -0.05) is 24.3 Å². The van der Waals surface area contributed by atoms with E-state index in [-0.39, 0.29) is 17.9 Å². The van der Waals surface area contributed by atoms with Crippen molar-refractivity contribution in [2.75, 3.05) is 5.43 Å². The van der Waals surface area contributed by atoms with Crippen LogP contribution in [-0.4, -0.2) is 35.7 Å². The molecule has 0 bridgehead atoms. The van der Waals surface area contributed by atoms with Gasteiger partial charge in [0.15, 0.2) is 0 Å². The highest BCUT2D eigenvalue weighted by atomic mass is 16.2. The molecule has 10 nitrogen and oxygen atoms in total. The summed E-state index contributed by atoms with van der Waals surface area (Å²) in [5, 5.41) is 11.5. The standard InChI is InChI=1S/C19H18N8O2/c1-2-26-18(29)15-5-3-4-6-16(15)21-19(26)23-22-17(28)11-13-7-9-14(10-8-13)27-12-20-24-25-27/h3-10,12H,2,11H2,1H3,(H,21,23)(H,22,28). The van der Waals surface area contributed by atoms with Crippen LogP contribution in [0.3, 0.4) is 0 Å². The Balaban J connectivity index is 1.45. The Labute approximate surface area is 165 Å². The van der Waals surface area contributed by atoms with Crippen molar-refractivity contribution in [2.24, 2.45) is 0 Å². The van der Waals surface area contributed by atoms with Crippen molar-refractivity contribution >= 4 is 22.8 Å². The van der Waals surface area contributed by atoms with Gasteiger partial charge in [0.25, 0.3) is 5.56 Å². The maximum Gasteiger partial charge on any atom is 0.262 e. The number of carbonyl (C=O) groups is 1. The van der Waals surface area contributed by atoms with Gasteiger partial charge in [0.2, 0.25) is 11.9 Å². The SMILES string of the molecule is CCn1c(NNC(=O)Cc2ccc(-n3cnnn3)cc2)nc2ccccc2c1=O. The number of carbonyl (C=O) groups excluding carboxylic acids is 1. The van der Waals surface area contributed by atoms with Crippen LogP contribution >= 0.6 is 0 Å². The van der Waals surface area contributed by atoms with E-state index in [2.05, 4.69) is 31.4 Å². The number of tetrazole rings is 1. The summed E-state index contributed by atoms with van der Waals surface area (Å²) in [6, 6.07) is 14.4. The van der Waals surface area contributed by atoms with Crippen molar-refractivity contribution in [3.8, 4) is 5.69 Å². The van der Waals surface area contributed by atoms with E-state index in [1.807, 2.05) is 37.3 Å². The third-order valence-corrected chi connectivity index (χ3v) is 4.41. The first-order chi connectivity index (χ1) is 14.2. The highest BCUT2D eigenvalue weighted by Crippen LogP contribution is 2.11. The number of aromatic nitrogens is 6. The van der Waals surface area contributed by atoms with Gasteiger partial charge in [0.05, 0.1) is 23.0 Å². The topological polar surface area (TPSA) is 120 Å². The number of nitrogens with zero attached hydrogens (tertiary/aromatic N) is 6. The summed E-state index contributed by atoms with van der Waals surface area (Å²) in [6.45, 7) is 2.27. The van der Waals surface area contributed by atoms with Crippen LogP contribution in [0.15, 0.2) is 59.7 Å². The predicted octanol–water partition coefficient (Wildman–Crippen LogP) is 1.08. The molecule has 10 heteroatoms. The second-order valence-electron chi connectivity index (χ2n) is 6.27. The molecular formula is C19H18N8O2. The molecule has 2 heterocycles. The fraction of sp³-hybridized carbons (Fsp3) is 0.158. The first kappa shape index (κ1) is 18.3. The molecule has 0 spiro atoms. The highest BCUT2D eigenvalue weighted by molar-refractivity contribution is 5.81. The molecule has 0 fully saturated rings. The van der Waals surface area contributed by atoms with Gasteiger partial charge in [-0.2, -0.15) is 0 Å². The van der Waals surface area contributed by atoms with Crippen LogP contribution in [0, 0.1) is 0 Å². The summed E-state index contributed by atoms with van der Waals surface area (Å²) in [4.78, 5) is 29.4. The molecular weight excluding hydrogens is 372 g/mol. The Kier molecular flexibility index (Phi) is 4.97. The second kappa shape index (κ2) is 7.89. The van der Waals surface area contributed by atoms with E-state index in [4.69, 9.17) is 0 Å². The monoisotopic (exact) mass is 390 g/mol. The quantitative estimate of drug-likeness (QED) is 0.473. The van der Waals surface area contributed by atoms with Gasteiger partial charge in [-0.15, -0.1) is 5.10 Å². The van der Waals surface area contributed by atoms with E-state index in [9.17, 15) is 9.59 Å². The number of fused-ring (bicyclic) bond motifs is 1. The number of rotatable bonds is 6. The van der Waals surface area contributed by atoms with Crippen molar-refractivity contribution in [1.29, 1.82) is 0 Å². The molecule has 0 aliphatic rings. The highest BCUT2D eigenvalue weighted by Gasteiger charge is 2.11. The molecule has 2 N–H and O–H groups in total. The van der Waals surface area contributed by atoms with E-state index in [0.29, 0.717) is 23.4 Å². The van der Waals surface area contributed by atoms with Gasteiger partial charge in [-0.05, 0) is 47.2 Å². The van der Waals surface area contributed by atoms with E-state index < -0.39 is 0 Å². The molecule has 4 rings (SSSR count). The van der Waals surface area contributed by atoms with Crippen molar-refractivity contribution in [1.82, 2.24) is 35.2 Å². The number of hydrogen-bond acceptors (Lipinski definition) is 7. The van der Waals surface area contributed by atoms with Gasteiger partial charge in [0.1, 0.15) is 6.33 Å². The van der Waals surface area contributed by atoms with Crippen LogP contribution in [0.2, 0.25) is 0 Å². The average molecular weight is 390 g/mol. The number of hydrogen-bond donors (Lipinski definition) is 2. The van der Waals surface area contributed by atoms with Gasteiger partial charge in [-0.3, -0.25) is 25.0 Å². The first-order valence-corrected chi connectivity index (χ1v) is 9.02. The van der Waals surface area contributed by atoms with Gasteiger partial charge in [0, 0.05) is 6.54 Å². The smallest absolute Gasteiger partial charge is 0.262 e. The molecule has 1 amide bonds. The number of anilines is 1. The van der Waals surface area contributed by atoms with Crippen LogP contribution in [0.25, 0.3) is 16.6 Å². The molecule has 0 aliphatic heterocycles. The molecule has 0 atom stereocenters. The lowest BCUT2D eigenvalue weighted by Gasteiger charge is -2.14. The van der Waals surface area contributed by atoms with Crippen molar-refractivity contribution in [2.45, 2.75) is 19.9 Å². The summed E-state index contributed by atoms with van der Waals surface area (Å²) >= 11 is 0. The second-order valence-corrected chi connectivity index (χ2v) is 6.27. The summed E-state index contributed by atoms with van der Waals surface area (Å²) in [6.07, 6.45) is 1.66. The van der Waals surface area contributed by atoms with Crippen LogP contribution in [0.5, 0.6) is 0 Å². The maximum atomic E-state index is 12.6. The van der Waals surface area contributed by atoms with Crippen LogP contribution in [0.1, 0.15) is 12.5 Å². The Morgan fingerprint density at radius 3 is 2.62 bits per heavy atom. The molecule has 2 aromatic heterocycles. The molecule has 0 saturated carbocycles. The van der Waals surface area contributed by atoms with E-state index >= 15 is 0 Å². The van der Waals surface area contributed by atoms with Gasteiger partial charge in [-0.25, -0.2) is 9.67 Å². The van der Waals surface area contributed by atoms with Crippen LogP contribution < -0.4 is 16.4 Å². The summed E-state index contributed by atoms with van der Waals surface area (Å²) < 4.78 is 3.00. The average Bonchev–Trinajstić information content (AvgIpc) is 3.28. The largest absolute Gasteiger partial charge is 0.277 e. The van der Waals surface area contributed by atoms with E-state index in [0.717, 1.165) is 11.3 Å². The van der Waals surface area contributed by atoms with Gasteiger partial charge < -0.3 is 0 Å². The number of benzene rings is 2. The Bertz CT molecular complexity index is 1200. The zero-order valence-corrected chi connectivity index (χ0v) is 15.6. The molecule has 4 aromatic rings. The summed E-state index contributed by atoms with van der Waals surface area (Å²) in [5.41, 5.74) is 7.40. The maximum absolute atomic E-state index is 12.6. The Morgan fingerprint density at radius 2 is 1.90 bits per heavy atom. The first-order valence-electron chi connectivity index (χ1n) is 9.02. The lowest BCUT2D eigenvalue weighted by atomic mass is 10.1. The zero-order valence-electron chi connectivity index (χ0n) is 15.6. The third-order valence-electron chi connectivity index (χ3n) is 4.41. The van der Waals surface area contributed by atoms with Crippen LogP contribution in [0.4, 0.5) is 5.95 Å². The molecule has 146 valence electrons. The lowest BCUT2D eigenvalue weighted by Crippen LogP contribution is -2.35. The summed E-state index contributed by atoms with van der Waals surface area (Å²) in [5.74, 6) is 0.0313. The molecule has 0 radical (unpaired) electrons. The Morgan fingerprint density at radius 1 is 1.10 bits per heavy atom. The third kappa shape index (κ3) is 3.81. The van der Waals surface area contributed by atoms with Crippen molar-refractivity contribution in [3.05, 3.63) is 70.8 Å². The minimum Gasteiger partial charge on any atom is -0.277 e. The van der Waals surface area contributed by atoms with Gasteiger partial charge >= 0.3 is 0 Å². The van der Waals surface area contributed by atoms with E-state index in [1.165, 1.54) is 15.6 Å². The van der Waals surface area contributed by atoms with Crippen molar-refractivity contribution < 1.29 is 4.79 Å². The molecule has 2 aromatic carbocycles. The molecule has 0 saturated heterocycles. The van der Waals surface area contributed by atoms with Crippen LogP contribution in [-0.2, 0) is 17.8 Å². The number of nitrogens with one attached hydrogen (secondary N) is 2. The molecule has 29 heavy (non-hydrogen) atoms. The summed E-state index contributed by atoms with van der Waals surface area (Å²) in [7, 11) is 0. The lowest BCUT2D eigenvalue weighted by molar-refractivity contribution is -0.119. The molecule has 0 aliphatic carbocycles. The predicted molar refractivity (Wildman–Crippen MR) is 106 cm³/mol. The van der Waals surface area contributed by atoms with E-state index in [1.54, 1.807) is 18.2 Å². The Hall–Kier alpha value is -4.08. The van der Waals surface area contributed by atoms with Crippen molar-refractivity contribution in [3.63, 3.8) is 0 Å². The minimum absolute atomic E-state index is 0.159.